The van der Waals surface area contributed by atoms with Gasteiger partial charge < -0.3 is 10.6 Å². The van der Waals surface area contributed by atoms with E-state index in [-0.39, 0.29) is 34.7 Å². The summed E-state index contributed by atoms with van der Waals surface area (Å²) in [6, 6.07) is 7.51. The molecular weight excluding hydrogens is 382 g/mol. The van der Waals surface area contributed by atoms with Crippen molar-refractivity contribution in [2.24, 2.45) is 10.9 Å². The molecule has 2 heterocycles. The Morgan fingerprint density at radius 3 is 2.70 bits per heavy atom. The van der Waals surface area contributed by atoms with Gasteiger partial charge in [-0.3, -0.25) is 9.79 Å². The van der Waals surface area contributed by atoms with Crippen LogP contribution in [-0.2, 0) is 9.84 Å². The van der Waals surface area contributed by atoms with Crippen molar-refractivity contribution in [2.45, 2.75) is 49.9 Å². The number of carbonyl (C=O) groups is 1. The lowest BCUT2D eigenvalue weighted by Gasteiger charge is -2.27. The first-order valence-corrected chi connectivity index (χ1v) is 12.2. The van der Waals surface area contributed by atoms with E-state index in [0.717, 1.165) is 29.6 Å². The van der Waals surface area contributed by atoms with Crippen molar-refractivity contribution in [2.75, 3.05) is 16.8 Å². The molecule has 27 heavy (non-hydrogen) atoms. The van der Waals surface area contributed by atoms with Crippen LogP contribution in [0.25, 0.3) is 0 Å². The third-order valence-corrected chi connectivity index (χ3v) is 8.69. The monoisotopic (exact) mass is 407 g/mol. The van der Waals surface area contributed by atoms with Gasteiger partial charge in [-0.2, -0.15) is 0 Å². The number of sulfone groups is 1. The standard InChI is InChI=1S/C19H25N3O3S2/c1-12-5-7-14(8-6-12)20-18(23)13-3-2-4-15(9-13)21-19-22-16-10-27(24,25)11-17(16)26-19/h2-4,9,12,14,16-17H,5-8,10-11H2,1H3,(H,20,23)(H,21,22). The fourth-order valence-electron chi connectivity index (χ4n) is 3.95. The molecule has 2 unspecified atom stereocenters. The molecule has 4 rings (SSSR count). The van der Waals surface area contributed by atoms with Crippen LogP contribution in [0.3, 0.4) is 0 Å². The zero-order chi connectivity index (χ0) is 19.0. The molecule has 3 aliphatic rings. The topological polar surface area (TPSA) is 87.6 Å². The molecule has 1 aromatic rings. The Morgan fingerprint density at radius 2 is 1.96 bits per heavy atom. The zero-order valence-corrected chi connectivity index (χ0v) is 17.0. The Morgan fingerprint density at radius 1 is 1.19 bits per heavy atom. The average Bonchev–Trinajstić information content (AvgIpc) is 3.09. The summed E-state index contributed by atoms with van der Waals surface area (Å²) >= 11 is 1.48. The van der Waals surface area contributed by atoms with Crippen LogP contribution in [-0.4, -0.2) is 48.3 Å². The molecule has 1 aromatic carbocycles. The number of aliphatic imine (C=N–C) groups is 1. The lowest BCUT2D eigenvalue weighted by molar-refractivity contribution is 0.0923. The van der Waals surface area contributed by atoms with E-state index in [1.165, 1.54) is 24.6 Å². The SMILES string of the molecule is CC1CCC(NC(=O)c2cccc(NC3=NC4CS(=O)(=O)CC4S3)c2)CC1. The molecule has 0 radical (unpaired) electrons. The first kappa shape index (κ1) is 18.8. The molecule has 146 valence electrons. The molecule has 6 nitrogen and oxygen atoms in total. The summed E-state index contributed by atoms with van der Waals surface area (Å²) in [4.78, 5) is 17.1. The van der Waals surface area contributed by atoms with E-state index in [1.54, 1.807) is 0 Å². The Balaban J connectivity index is 1.37. The van der Waals surface area contributed by atoms with Crippen LogP contribution >= 0.6 is 11.8 Å². The van der Waals surface area contributed by atoms with Crippen molar-refractivity contribution in [3.63, 3.8) is 0 Å². The second-order valence-corrected chi connectivity index (χ2v) is 11.3. The minimum Gasteiger partial charge on any atom is -0.349 e. The van der Waals surface area contributed by atoms with Crippen molar-refractivity contribution in [3.8, 4) is 0 Å². The predicted molar refractivity (Wildman–Crippen MR) is 110 cm³/mol. The number of nitrogens with zero attached hydrogens (tertiary/aromatic N) is 1. The lowest BCUT2D eigenvalue weighted by Crippen LogP contribution is -2.37. The summed E-state index contributed by atoms with van der Waals surface area (Å²) in [6.45, 7) is 2.26. The maximum atomic E-state index is 12.6. The van der Waals surface area contributed by atoms with E-state index in [4.69, 9.17) is 0 Å². The summed E-state index contributed by atoms with van der Waals surface area (Å²) < 4.78 is 23.3. The fraction of sp³-hybridized carbons (Fsp3) is 0.579. The maximum Gasteiger partial charge on any atom is 0.251 e. The van der Waals surface area contributed by atoms with Crippen molar-refractivity contribution in [1.82, 2.24) is 5.32 Å². The van der Waals surface area contributed by atoms with E-state index in [2.05, 4.69) is 22.5 Å². The number of amidine groups is 1. The second kappa shape index (κ2) is 7.47. The molecule has 2 fully saturated rings. The number of fused-ring (bicyclic) bond motifs is 1. The number of benzene rings is 1. The number of amides is 1. The number of anilines is 1. The first-order chi connectivity index (χ1) is 12.9. The smallest absolute Gasteiger partial charge is 0.251 e. The highest BCUT2D eigenvalue weighted by molar-refractivity contribution is 8.15. The molecule has 1 amide bonds. The number of rotatable bonds is 3. The van der Waals surface area contributed by atoms with Gasteiger partial charge in [-0.1, -0.05) is 24.8 Å². The quantitative estimate of drug-likeness (QED) is 0.804. The lowest BCUT2D eigenvalue weighted by atomic mass is 9.87. The molecule has 0 bridgehead atoms. The summed E-state index contributed by atoms with van der Waals surface area (Å²) in [6.07, 6.45) is 4.43. The van der Waals surface area contributed by atoms with Crippen LogP contribution < -0.4 is 10.6 Å². The van der Waals surface area contributed by atoms with Gasteiger partial charge in [0.05, 0.1) is 17.5 Å². The van der Waals surface area contributed by atoms with E-state index >= 15 is 0 Å². The molecule has 1 saturated carbocycles. The molecule has 1 aliphatic carbocycles. The highest BCUT2D eigenvalue weighted by atomic mass is 32.2. The maximum absolute atomic E-state index is 12.6. The number of thioether (sulfide) groups is 1. The normalized spacial score (nSPS) is 31.8. The van der Waals surface area contributed by atoms with E-state index < -0.39 is 9.84 Å². The van der Waals surface area contributed by atoms with Crippen LogP contribution in [0.2, 0.25) is 0 Å². The van der Waals surface area contributed by atoms with Crippen LogP contribution in [0.1, 0.15) is 43.0 Å². The minimum absolute atomic E-state index is 0.0117. The van der Waals surface area contributed by atoms with Crippen LogP contribution in [0.5, 0.6) is 0 Å². The van der Waals surface area contributed by atoms with Crippen LogP contribution in [0.4, 0.5) is 5.69 Å². The summed E-state index contributed by atoms with van der Waals surface area (Å²) in [5.41, 5.74) is 1.43. The van der Waals surface area contributed by atoms with Gasteiger partial charge in [0.15, 0.2) is 15.0 Å². The fourth-order valence-corrected chi connectivity index (χ4v) is 7.63. The Kier molecular flexibility index (Phi) is 5.20. The molecular formula is C19H25N3O3S2. The van der Waals surface area contributed by atoms with Crippen LogP contribution in [0, 0.1) is 5.92 Å². The largest absolute Gasteiger partial charge is 0.349 e. The van der Waals surface area contributed by atoms with Crippen molar-refractivity contribution < 1.29 is 13.2 Å². The average molecular weight is 408 g/mol. The number of hydrogen-bond acceptors (Lipinski definition) is 6. The molecule has 0 aromatic heterocycles. The van der Waals surface area contributed by atoms with Gasteiger partial charge in [0, 0.05) is 22.5 Å². The van der Waals surface area contributed by atoms with Crippen molar-refractivity contribution >= 4 is 38.4 Å². The van der Waals surface area contributed by atoms with Crippen molar-refractivity contribution in [3.05, 3.63) is 29.8 Å². The third-order valence-electron chi connectivity index (χ3n) is 5.55. The van der Waals surface area contributed by atoms with Crippen LogP contribution in [0.15, 0.2) is 29.3 Å². The molecule has 2 atom stereocenters. The summed E-state index contributed by atoms with van der Waals surface area (Å²) in [7, 11) is -2.95. The Bertz CT molecular complexity index is 861. The number of carbonyl (C=O) groups excluding carboxylic acids is 1. The van der Waals surface area contributed by atoms with Crippen molar-refractivity contribution in [1.29, 1.82) is 0 Å². The number of hydrogen-bond donors (Lipinski definition) is 2. The van der Waals surface area contributed by atoms with E-state index in [1.807, 2.05) is 24.3 Å². The number of nitrogens with one attached hydrogen (secondary N) is 2. The van der Waals surface area contributed by atoms with Gasteiger partial charge in [-0.15, -0.1) is 0 Å². The Hall–Kier alpha value is -1.54. The molecule has 1 saturated heterocycles. The summed E-state index contributed by atoms with van der Waals surface area (Å²) in [5.74, 6) is 1.05. The van der Waals surface area contributed by atoms with Gasteiger partial charge in [-0.05, 0) is 49.8 Å². The second-order valence-electron chi connectivity index (χ2n) is 7.87. The minimum atomic E-state index is -2.95. The van der Waals surface area contributed by atoms with Gasteiger partial charge in [0.2, 0.25) is 0 Å². The highest BCUT2D eigenvalue weighted by Gasteiger charge is 2.42. The van der Waals surface area contributed by atoms with Gasteiger partial charge in [-0.25, -0.2) is 8.42 Å². The predicted octanol–water partition coefficient (Wildman–Crippen LogP) is 2.68. The highest BCUT2D eigenvalue weighted by Crippen LogP contribution is 2.34. The van der Waals surface area contributed by atoms with E-state index in [0.29, 0.717) is 5.56 Å². The summed E-state index contributed by atoms with van der Waals surface area (Å²) in [5, 5.41) is 7.14. The molecule has 0 spiro atoms. The first-order valence-electron chi connectivity index (χ1n) is 9.51. The zero-order valence-electron chi connectivity index (χ0n) is 15.3. The third kappa shape index (κ3) is 4.48. The molecule has 2 N–H and O–H groups in total. The molecule has 2 aliphatic heterocycles. The Labute approximate surface area is 164 Å². The van der Waals surface area contributed by atoms with E-state index in [9.17, 15) is 13.2 Å². The van der Waals surface area contributed by atoms with Gasteiger partial charge in [0.25, 0.3) is 5.91 Å². The van der Waals surface area contributed by atoms with Gasteiger partial charge in [0.1, 0.15) is 0 Å². The molecule has 8 heteroatoms. The van der Waals surface area contributed by atoms with Gasteiger partial charge >= 0.3 is 0 Å².